The Morgan fingerprint density at radius 2 is 2.12 bits per heavy atom. The van der Waals surface area contributed by atoms with Crippen LogP contribution in [0.2, 0.25) is 0 Å². The van der Waals surface area contributed by atoms with Crippen molar-refractivity contribution < 1.29 is 19.4 Å². The number of ether oxygens (including phenoxy) is 1. The Morgan fingerprint density at radius 1 is 1.29 bits per heavy atom. The summed E-state index contributed by atoms with van der Waals surface area (Å²) >= 11 is 3.37. The van der Waals surface area contributed by atoms with E-state index in [1.807, 2.05) is 24.3 Å². The molecule has 24 heavy (non-hydrogen) atoms. The van der Waals surface area contributed by atoms with Gasteiger partial charge in [-0.3, -0.25) is 9.59 Å². The summed E-state index contributed by atoms with van der Waals surface area (Å²) < 4.78 is 6.52. The Labute approximate surface area is 147 Å². The predicted molar refractivity (Wildman–Crippen MR) is 90.1 cm³/mol. The largest absolute Gasteiger partial charge is 0.481 e. The Hall–Kier alpha value is -2.41. The first-order valence-corrected chi connectivity index (χ1v) is 8.24. The van der Waals surface area contributed by atoms with Gasteiger partial charge in [-0.15, -0.1) is 0 Å². The minimum Gasteiger partial charge on any atom is -0.481 e. The molecule has 0 spiro atoms. The Morgan fingerprint density at radius 3 is 2.75 bits per heavy atom. The van der Waals surface area contributed by atoms with Crippen LogP contribution in [0.5, 0.6) is 11.6 Å². The molecule has 0 radical (unpaired) electrons. The number of carbonyl (C=O) groups is 2. The van der Waals surface area contributed by atoms with Crippen LogP contribution in [0.25, 0.3) is 0 Å². The second-order valence-corrected chi connectivity index (χ2v) is 6.44. The van der Waals surface area contributed by atoms with Gasteiger partial charge in [0.25, 0.3) is 5.91 Å². The molecule has 7 heteroatoms. The molecule has 2 heterocycles. The second-order valence-electron chi connectivity index (χ2n) is 5.52. The number of aliphatic carboxylic acids is 1. The molecule has 0 bridgehead atoms. The molecular formula is C17H15BrN2O4. The summed E-state index contributed by atoms with van der Waals surface area (Å²) in [5.41, 5.74) is 0.419. The highest BCUT2D eigenvalue weighted by atomic mass is 79.9. The zero-order valence-electron chi connectivity index (χ0n) is 12.7. The number of halogens is 1. The molecule has 1 aliphatic heterocycles. The molecule has 0 aliphatic carbocycles. The first-order chi connectivity index (χ1) is 11.5. The van der Waals surface area contributed by atoms with Crippen molar-refractivity contribution in [3.05, 3.63) is 52.6 Å². The Kier molecular flexibility index (Phi) is 4.80. The molecule has 1 aromatic heterocycles. The fraction of sp³-hybridized carbons (Fsp3) is 0.235. The maximum atomic E-state index is 12.4. The van der Waals surface area contributed by atoms with Crippen LogP contribution < -0.4 is 4.74 Å². The minimum absolute atomic E-state index is 0.208. The van der Waals surface area contributed by atoms with E-state index in [1.54, 1.807) is 17.0 Å². The molecule has 1 aromatic carbocycles. The average molecular weight is 391 g/mol. The lowest BCUT2D eigenvalue weighted by Crippen LogP contribution is -2.30. The molecule has 1 atom stereocenters. The highest BCUT2D eigenvalue weighted by Gasteiger charge is 2.31. The number of amides is 1. The van der Waals surface area contributed by atoms with Gasteiger partial charge >= 0.3 is 5.97 Å². The zero-order valence-corrected chi connectivity index (χ0v) is 14.3. The van der Waals surface area contributed by atoms with Crippen LogP contribution in [0.4, 0.5) is 0 Å². The smallest absolute Gasteiger partial charge is 0.308 e. The number of hydrogen-bond donors (Lipinski definition) is 1. The summed E-state index contributed by atoms with van der Waals surface area (Å²) in [6, 6.07) is 10.6. The molecule has 0 saturated carbocycles. The molecule has 1 saturated heterocycles. The Balaban J connectivity index is 1.66. The van der Waals surface area contributed by atoms with E-state index in [1.165, 1.54) is 6.20 Å². The number of benzene rings is 1. The standard InChI is InChI=1S/C17H15BrN2O4/c18-13-2-1-3-14(8-13)24-15-5-4-11(9-19-15)16(21)20-7-6-12(10-20)17(22)23/h1-5,8-9,12H,6-7,10H2,(H,22,23)/t12-/m0/s1. The van der Waals surface area contributed by atoms with Crippen LogP contribution >= 0.6 is 15.9 Å². The fourth-order valence-corrected chi connectivity index (χ4v) is 2.93. The van der Waals surface area contributed by atoms with Gasteiger partial charge in [-0.2, -0.15) is 0 Å². The lowest BCUT2D eigenvalue weighted by atomic mass is 10.1. The van der Waals surface area contributed by atoms with E-state index in [2.05, 4.69) is 20.9 Å². The van der Waals surface area contributed by atoms with Gasteiger partial charge in [0.05, 0.1) is 11.5 Å². The Bertz CT molecular complexity index is 763. The van der Waals surface area contributed by atoms with E-state index in [0.717, 1.165) is 4.47 Å². The predicted octanol–water partition coefficient (Wildman–Crippen LogP) is 3.18. The molecule has 3 rings (SSSR count). The first-order valence-electron chi connectivity index (χ1n) is 7.44. The van der Waals surface area contributed by atoms with Crippen LogP contribution in [-0.2, 0) is 4.79 Å². The van der Waals surface area contributed by atoms with Crippen molar-refractivity contribution in [3.63, 3.8) is 0 Å². The SMILES string of the molecule is O=C(O)[C@H]1CCN(C(=O)c2ccc(Oc3cccc(Br)c3)nc2)C1. The highest BCUT2D eigenvalue weighted by molar-refractivity contribution is 9.10. The minimum atomic E-state index is -0.860. The van der Waals surface area contributed by atoms with Gasteiger partial charge in [0.2, 0.25) is 5.88 Å². The molecule has 6 nitrogen and oxygen atoms in total. The molecule has 2 aromatic rings. The normalized spacial score (nSPS) is 16.9. The van der Waals surface area contributed by atoms with Gasteiger partial charge in [0, 0.05) is 29.8 Å². The molecule has 1 N–H and O–H groups in total. The summed E-state index contributed by atoms with van der Waals surface area (Å²) in [6.07, 6.45) is 1.93. The third-order valence-corrected chi connectivity index (χ3v) is 4.32. The molecule has 0 unspecified atom stereocenters. The van der Waals surface area contributed by atoms with Gasteiger partial charge in [0.1, 0.15) is 5.75 Å². The molecule has 1 fully saturated rings. The highest BCUT2D eigenvalue weighted by Crippen LogP contribution is 2.24. The number of carbonyl (C=O) groups excluding carboxylic acids is 1. The number of rotatable bonds is 4. The number of aromatic nitrogens is 1. The van der Waals surface area contributed by atoms with E-state index in [9.17, 15) is 9.59 Å². The molecule has 124 valence electrons. The monoisotopic (exact) mass is 390 g/mol. The van der Waals surface area contributed by atoms with E-state index in [0.29, 0.717) is 30.2 Å². The lowest BCUT2D eigenvalue weighted by molar-refractivity contribution is -0.141. The maximum Gasteiger partial charge on any atom is 0.308 e. The van der Waals surface area contributed by atoms with Crippen LogP contribution in [0.1, 0.15) is 16.8 Å². The van der Waals surface area contributed by atoms with E-state index in [4.69, 9.17) is 9.84 Å². The van der Waals surface area contributed by atoms with Crippen LogP contribution in [0.15, 0.2) is 47.1 Å². The van der Waals surface area contributed by atoms with Crippen molar-refractivity contribution in [2.24, 2.45) is 5.92 Å². The van der Waals surface area contributed by atoms with Crippen molar-refractivity contribution in [1.29, 1.82) is 0 Å². The van der Waals surface area contributed by atoms with E-state index < -0.39 is 11.9 Å². The lowest BCUT2D eigenvalue weighted by Gasteiger charge is -2.15. The maximum absolute atomic E-state index is 12.4. The van der Waals surface area contributed by atoms with Crippen LogP contribution in [-0.4, -0.2) is 40.0 Å². The van der Waals surface area contributed by atoms with Gasteiger partial charge < -0.3 is 14.7 Å². The van der Waals surface area contributed by atoms with E-state index in [-0.39, 0.29) is 12.5 Å². The van der Waals surface area contributed by atoms with Gasteiger partial charge in [-0.25, -0.2) is 4.98 Å². The summed E-state index contributed by atoms with van der Waals surface area (Å²) in [7, 11) is 0. The zero-order chi connectivity index (χ0) is 17.1. The quantitative estimate of drug-likeness (QED) is 0.866. The summed E-state index contributed by atoms with van der Waals surface area (Å²) in [5, 5.41) is 9.01. The summed E-state index contributed by atoms with van der Waals surface area (Å²) in [5.74, 6) is -0.531. The van der Waals surface area contributed by atoms with Gasteiger partial charge in [0.15, 0.2) is 0 Å². The third-order valence-electron chi connectivity index (χ3n) is 3.83. The van der Waals surface area contributed by atoms with Crippen molar-refractivity contribution >= 4 is 27.8 Å². The van der Waals surface area contributed by atoms with Crippen LogP contribution in [0, 0.1) is 5.92 Å². The van der Waals surface area contributed by atoms with Crippen LogP contribution in [0.3, 0.4) is 0 Å². The third kappa shape index (κ3) is 3.73. The number of likely N-dealkylation sites (tertiary alicyclic amines) is 1. The summed E-state index contributed by atoms with van der Waals surface area (Å²) in [6.45, 7) is 0.691. The second kappa shape index (κ2) is 7.00. The number of pyridine rings is 1. The van der Waals surface area contributed by atoms with Crippen molar-refractivity contribution in [2.45, 2.75) is 6.42 Å². The fourth-order valence-electron chi connectivity index (χ4n) is 2.55. The number of hydrogen-bond acceptors (Lipinski definition) is 4. The number of carboxylic acids is 1. The summed E-state index contributed by atoms with van der Waals surface area (Å²) in [4.78, 5) is 29.0. The topological polar surface area (TPSA) is 79.7 Å². The van der Waals surface area contributed by atoms with Gasteiger partial charge in [-0.1, -0.05) is 22.0 Å². The van der Waals surface area contributed by atoms with E-state index >= 15 is 0 Å². The molecule has 1 amide bonds. The first kappa shape index (κ1) is 16.4. The number of carboxylic acid groups (broad SMARTS) is 1. The van der Waals surface area contributed by atoms with Crippen molar-refractivity contribution in [2.75, 3.05) is 13.1 Å². The average Bonchev–Trinajstić information content (AvgIpc) is 3.05. The van der Waals surface area contributed by atoms with Crippen molar-refractivity contribution in [1.82, 2.24) is 9.88 Å². The molecular weight excluding hydrogens is 376 g/mol. The van der Waals surface area contributed by atoms with Crippen molar-refractivity contribution in [3.8, 4) is 11.6 Å². The molecule has 1 aliphatic rings. The van der Waals surface area contributed by atoms with Gasteiger partial charge in [-0.05, 0) is 30.7 Å². The number of nitrogens with zero attached hydrogens (tertiary/aromatic N) is 2.